The molecule has 0 rings (SSSR count). The predicted octanol–water partition coefficient (Wildman–Crippen LogP) is 0.00700. The van der Waals surface area contributed by atoms with Gasteiger partial charge in [0.15, 0.2) is 0 Å². The predicted molar refractivity (Wildman–Crippen MR) is 48.5 cm³/mol. The number of ether oxygens (including phenoxy) is 1. The first-order valence-electron chi connectivity index (χ1n) is 3.11. The minimum absolute atomic E-state index is 0.354. The molecular weight excluding hydrogens is 198 g/mol. The first-order chi connectivity index (χ1) is 5.81. The molecule has 1 atom stereocenters. The van der Waals surface area contributed by atoms with Crippen LogP contribution in [0.3, 0.4) is 0 Å². The van der Waals surface area contributed by atoms with Crippen LogP contribution in [0, 0.1) is 0 Å². The Morgan fingerprint density at radius 1 is 1.46 bits per heavy atom. The Morgan fingerprint density at radius 2 is 1.85 bits per heavy atom. The van der Waals surface area contributed by atoms with Crippen molar-refractivity contribution in [3.63, 3.8) is 0 Å². The van der Waals surface area contributed by atoms with Gasteiger partial charge in [-0.2, -0.15) is 8.42 Å². The zero-order chi connectivity index (χ0) is 10.9. The molecule has 0 saturated heterocycles. The molecule has 0 aromatic rings. The van der Waals surface area contributed by atoms with Crippen molar-refractivity contribution in [1.82, 2.24) is 0 Å². The standard InChI is InChI=1S/C6H11NO.H2O4S/c1-3-5-8-6(7)4-2;1-5(2,3)4/h3-4,6H,1-2,5,7H2;(H2,1,2,3,4). The van der Waals surface area contributed by atoms with Gasteiger partial charge in [0.2, 0.25) is 0 Å². The van der Waals surface area contributed by atoms with Gasteiger partial charge in [-0.1, -0.05) is 12.7 Å². The molecule has 1 unspecified atom stereocenters. The zero-order valence-electron chi connectivity index (χ0n) is 6.96. The van der Waals surface area contributed by atoms with E-state index < -0.39 is 10.4 Å². The van der Waals surface area contributed by atoms with Crippen molar-refractivity contribution in [2.75, 3.05) is 6.61 Å². The van der Waals surface area contributed by atoms with E-state index in [1.807, 2.05) is 0 Å². The van der Waals surface area contributed by atoms with Crippen LogP contribution in [-0.2, 0) is 15.1 Å². The monoisotopic (exact) mass is 211 g/mol. The number of nitrogens with two attached hydrogens (primary N) is 1. The smallest absolute Gasteiger partial charge is 0.356 e. The maximum Gasteiger partial charge on any atom is 0.394 e. The van der Waals surface area contributed by atoms with Crippen molar-refractivity contribution < 1.29 is 22.3 Å². The number of hydrogen-bond donors (Lipinski definition) is 3. The largest absolute Gasteiger partial charge is 0.394 e. The van der Waals surface area contributed by atoms with Crippen LogP contribution in [0.2, 0.25) is 0 Å². The third-order valence-electron chi connectivity index (χ3n) is 0.639. The maximum atomic E-state index is 8.74. The maximum absolute atomic E-state index is 8.74. The summed E-state index contributed by atoms with van der Waals surface area (Å²) in [6, 6.07) is 0. The van der Waals surface area contributed by atoms with E-state index in [0.717, 1.165) is 0 Å². The summed E-state index contributed by atoms with van der Waals surface area (Å²) < 4.78 is 36.5. The Hall–Kier alpha value is -0.730. The fourth-order valence-electron chi connectivity index (χ4n) is 0.247. The quantitative estimate of drug-likeness (QED) is 0.343. The van der Waals surface area contributed by atoms with Crippen LogP contribution in [0.25, 0.3) is 0 Å². The van der Waals surface area contributed by atoms with E-state index in [0.29, 0.717) is 6.61 Å². The van der Waals surface area contributed by atoms with Crippen molar-refractivity contribution in [3.8, 4) is 0 Å². The first-order valence-corrected chi connectivity index (χ1v) is 4.51. The van der Waals surface area contributed by atoms with Crippen LogP contribution in [0.5, 0.6) is 0 Å². The third kappa shape index (κ3) is 34.9. The summed E-state index contributed by atoms with van der Waals surface area (Å²) >= 11 is 0. The molecule has 6 nitrogen and oxygen atoms in total. The van der Waals surface area contributed by atoms with Crippen LogP contribution in [0.1, 0.15) is 0 Å². The molecule has 78 valence electrons. The summed E-state index contributed by atoms with van der Waals surface area (Å²) in [5.74, 6) is 0. The normalized spacial score (nSPS) is 12.2. The van der Waals surface area contributed by atoms with Gasteiger partial charge in [-0.05, 0) is 6.08 Å². The van der Waals surface area contributed by atoms with E-state index in [2.05, 4.69) is 13.2 Å². The summed E-state index contributed by atoms with van der Waals surface area (Å²) in [7, 11) is -4.67. The average molecular weight is 211 g/mol. The lowest BCUT2D eigenvalue weighted by Gasteiger charge is -2.03. The molecule has 0 aliphatic rings. The SMILES string of the molecule is C=CCOC(N)C=C.O=S(=O)(O)O. The minimum Gasteiger partial charge on any atom is -0.356 e. The summed E-state index contributed by atoms with van der Waals surface area (Å²) in [5, 5.41) is 0. The van der Waals surface area contributed by atoms with Crippen molar-refractivity contribution in [2.24, 2.45) is 5.73 Å². The van der Waals surface area contributed by atoms with Gasteiger partial charge in [-0.25, -0.2) is 0 Å². The van der Waals surface area contributed by atoms with Crippen molar-refractivity contribution in [3.05, 3.63) is 25.3 Å². The van der Waals surface area contributed by atoms with Gasteiger partial charge in [-0.15, -0.1) is 6.58 Å². The molecule has 4 N–H and O–H groups in total. The molecule has 0 heterocycles. The van der Waals surface area contributed by atoms with Gasteiger partial charge in [0.1, 0.15) is 6.23 Å². The van der Waals surface area contributed by atoms with Crippen molar-refractivity contribution >= 4 is 10.4 Å². The highest BCUT2D eigenvalue weighted by atomic mass is 32.3. The molecule has 0 fully saturated rings. The highest BCUT2D eigenvalue weighted by Gasteiger charge is 1.89. The molecule has 7 heteroatoms. The van der Waals surface area contributed by atoms with Crippen molar-refractivity contribution in [2.45, 2.75) is 6.23 Å². The summed E-state index contributed by atoms with van der Waals surface area (Å²) in [6.45, 7) is 7.36. The lowest BCUT2D eigenvalue weighted by atomic mass is 10.6. The van der Waals surface area contributed by atoms with Gasteiger partial charge in [0.25, 0.3) is 0 Å². The van der Waals surface area contributed by atoms with Crippen molar-refractivity contribution in [1.29, 1.82) is 0 Å². The lowest BCUT2D eigenvalue weighted by molar-refractivity contribution is 0.115. The first kappa shape index (κ1) is 14.8. The Kier molecular flexibility index (Phi) is 8.97. The zero-order valence-corrected chi connectivity index (χ0v) is 7.77. The second-order valence-electron chi connectivity index (χ2n) is 1.77. The van der Waals surface area contributed by atoms with Gasteiger partial charge in [-0.3, -0.25) is 9.11 Å². The van der Waals surface area contributed by atoms with E-state index in [1.54, 1.807) is 6.08 Å². The van der Waals surface area contributed by atoms with Crippen LogP contribution in [0.15, 0.2) is 25.3 Å². The second-order valence-corrected chi connectivity index (χ2v) is 2.67. The molecule has 0 radical (unpaired) electrons. The molecule has 0 saturated carbocycles. The Morgan fingerprint density at radius 3 is 2.08 bits per heavy atom. The fourth-order valence-corrected chi connectivity index (χ4v) is 0.247. The van der Waals surface area contributed by atoms with Gasteiger partial charge in [0, 0.05) is 0 Å². The molecule has 0 aromatic heterocycles. The highest BCUT2D eigenvalue weighted by molar-refractivity contribution is 7.79. The van der Waals surface area contributed by atoms with Crippen LogP contribution in [-0.4, -0.2) is 30.4 Å². The lowest BCUT2D eigenvalue weighted by Crippen LogP contribution is -2.20. The molecule has 0 spiro atoms. The minimum atomic E-state index is -4.67. The summed E-state index contributed by atoms with van der Waals surface area (Å²) in [6.07, 6.45) is 2.82. The van der Waals surface area contributed by atoms with E-state index in [4.69, 9.17) is 28.0 Å². The molecule has 0 aliphatic heterocycles. The molecule has 0 amide bonds. The third-order valence-corrected chi connectivity index (χ3v) is 0.639. The van der Waals surface area contributed by atoms with Crippen LogP contribution in [0.4, 0.5) is 0 Å². The number of rotatable bonds is 4. The van der Waals surface area contributed by atoms with E-state index in [1.165, 1.54) is 6.08 Å². The summed E-state index contributed by atoms with van der Waals surface area (Å²) in [4.78, 5) is 0. The van der Waals surface area contributed by atoms with Gasteiger partial charge >= 0.3 is 10.4 Å². The van der Waals surface area contributed by atoms with E-state index >= 15 is 0 Å². The Balaban J connectivity index is 0. The fraction of sp³-hybridized carbons (Fsp3) is 0.333. The second kappa shape index (κ2) is 7.90. The highest BCUT2D eigenvalue weighted by Crippen LogP contribution is 1.81. The molecule has 0 aromatic carbocycles. The Labute approximate surface area is 77.3 Å². The van der Waals surface area contributed by atoms with Crippen LogP contribution < -0.4 is 5.73 Å². The number of hydrogen-bond acceptors (Lipinski definition) is 4. The average Bonchev–Trinajstić information content (AvgIpc) is 1.97. The molecule has 0 bridgehead atoms. The van der Waals surface area contributed by atoms with Gasteiger partial charge < -0.3 is 10.5 Å². The molecular formula is C6H13NO5S. The van der Waals surface area contributed by atoms with Crippen LogP contribution >= 0.6 is 0 Å². The topological polar surface area (TPSA) is 110 Å². The molecule has 0 aliphatic carbocycles. The molecule has 13 heavy (non-hydrogen) atoms. The van der Waals surface area contributed by atoms with Gasteiger partial charge in [0.05, 0.1) is 6.61 Å². The van der Waals surface area contributed by atoms with E-state index in [9.17, 15) is 0 Å². The van der Waals surface area contributed by atoms with E-state index in [-0.39, 0.29) is 6.23 Å². The summed E-state index contributed by atoms with van der Waals surface area (Å²) in [5.41, 5.74) is 5.27. The Bertz CT molecular complexity index is 227.